The van der Waals surface area contributed by atoms with Crippen molar-refractivity contribution in [2.24, 2.45) is 52.3 Å². The minimum Gasteiger partial charge on any atom is -0.390 e. The van der Waals surface area contributed by atoms with Crippen molar-refractivity contribution in [2.45, 2.75) is 129 Å². The molecule has 0 unspecified atom stereocenters. The molecule has 5 aliphatic rings. The molecule has 0 spiro atoms. The topological polar surface area (TPSA) is 69.9 Å². The summed E-state index contributed by atoms with van der Waals surface area (Å²) in [4.78, 5) is 0. The maximum Gasteiger partial charge on any atom is 0.165 e. The number of rotatable bonds is 6. The molecule has 5 fully saturated rings. The molecular formula is C31H54O4. The normalized spacial score (nSPS) is 47.6. The lowest BCUT2D eigenvalue weighted by Gasteiger charge is -2.62. The van der Waals surface area contributed by atoms with Crippen LogP contribution in [0.25, 0.3) is 0 Å². The Bertz CT molecular complexity index is 746. The van der Waals surface area contributed by atoms with Gasteiger partial charge in [-0.3, -0.25) is 0 Å². The number of aliphatic hydroxyl groups is 3. The van der Waals surface area contributed by atoms with Crippen molar-refractivity contribution in [3.8, 4) is 0 Å². The molecular weight excluding hydrogens is 436 g/mol. The summed E-state index contributed by atoms with van der Waals surface area (Å²) in [5.41, 5.74) is 0.425. The highest BCUT2D eigenvalue weighted by molar-refractivity contribution is 5.11. The van der Waals surface area contributed by atoms with Crippen LogP contribution in [0.2, 0.25) is 0 Å². The first-order valence-electron chi connectivity index (χ1n) is 15.3. The molecule has 4 saturated carbocycles. The molecule has 4 aliphatic carbocycles. The van der Waals surface area contributed by atoms with E-state index in [9.17, 15) is 15.3 Å². The Morgan fingerprint density at radius 3 is 2.31 bits per heavy atom. The standard InChI is InChI=1S/C31H54O4/c1-5-30(32)17-16-28(3)23(20-30)6-7-24-26-9-8-25(29(26,4)14-11-27(24)28)21(2)10-15-31(33,34)22-12-18-35-19-13-22/h21-27,32-34H,5-20H2,1-4H3/t21-,23+,24+,25-,26+,27+,28+,29-,30+/m1/s1. The van der Waals surface area contributed by atoms with Crippen LogP contribution in [0, 0.1) is 52.3 Å². The number of ether oxygens (including phenoxy) is 1. The Hall–Kier alpha value is -0.160. The molecule has 1 saturated heterocycles. The third kappa shape index (κ3) is 4.55. The molecule has 1 aliphatic heterocycles. The van der Waals surface area contributed by atoms with Gasteiger partial charge in [-0.2, -0.15) is 0 Å². The fraction of sp³-hybridized carbons (Fsp3) is 1.00. The first kappa shape index (κ1) is 26.4. The molecule has 0 amide bonds. The fourth-order valence-electron chi connectivity index (χ4n) is 10.6. The minimum absolute atomic E-state index is 0.0393. The molecule has 35 heavy (non-hydrogen) atoms. The zero-order valence-corrected chi connectivity index (χ0v) is 23.1. The summed E-state index contributed by atoms with van der Waals surface area (Å²) in [6.45, 7) is 11.1. The lowest BCUT2D eigenvalue weighted by molar-refractivity contribution is -0.221. The van der Waals surface area contributed by atoms with Crippen molar-refractivity contribution in [3.05, 3.63) is 0 Å². The van der Waals surface area contributed by atoms with E-state index in [1.165, 1.54) is 44.9 Å². The van der Waals surface area contributed by atoms with Crippen molar-refractivity contribution in [3.63, 3.8) is 0 Å². The van der Waals surface area contributed by atoms with E-state index in [0.29, 0.717) is 48.2 Å². The third-order valence-electron chi connectivity index (χ3n) is 13.1. The quantitative estimate of drug-likeness (QED) is 0.382. The molecule has 0 radical (unpaired) electrons. The molecule has 0 bridgehead atoms. The Kier molecular flexibility index (Phi) is 7.21. The van der Waals surface area contributed by atoms with E-state index in [4.69, 9.17) is 4.74 Å². The average Bonchev–Trinajstić information content (AvgIpc) is 3.21. The van der Waals surface area contributed by atoms with Gasteiger partial charge in [0.2, 0.25) is 0 Å². The van der Waals surface area contributed by atoms with Gasteiger partial charge in [-0.05, 0) is 130 Å². The number of fused-ring (bicyclic) bond motifs is 5. The van der Waals surface area contributed by atoms with Crippen LogP contribution in [0.4, 0.5) is 0 Å². The molecule has 202 valence electrons. The monoisotopic (exact) mass is 490 g/mol. The molecule has 1 heterocycles. The van der Waals surface area contributed by atoms with Gasteiger partial charge in [-0.15, -0.1) is 0 Å². The second-order valence-electron chi connectivity index (χ2n) is 14.4. The van der Waals surface area contributed by atoms with Gasteiger partial charge in [-0.25, -0.2) is 0 Å². The Labute approximate surface area is 214 Å². The predicted molar refractivity (Wildman–Crippen MR) is 140 cm³/mol. The van der Waals surface area contributed by atoms with E-state index in [1.54, 1.807) is 0 Å². The zero-order valence-electron chi connectivity index (χ0n) is 23.1. The highest BCUT2D eigenvalue weighted by Crippen LogP contribution is 2.69. The van der Waals surface area contributed by atoms with E-state index in [0.717, 1.165) is 56.3 Å². The molecule has 9 atom stereocenters. The average molecular weight is 491 g/mol. The smallest absolute Gasteiger partial charge is 0.165 e. The SMILES string of the molecule is CC[C@]1(O)CC[C@@]2(C)[C@@H](CC[C@@H]3[C@@H]2CC[C@]2(C)[C@@H]([C@H](C)CCC(O)(O)C4CCOCC4)CC[C@@H]32)C1. The molecule has 3 N–H and O–H groups in total. The molecule has 0 aromatic heterocycles. The van der Waals surface area contributed by atoms with E-state index >= 15 is 0 Å². The van der Waals surface area contributed by atoms with Gasteiger partial charge in [0.05, 0.1) is 5.60 Å². The van der Waals surface area contributed by atoms with Crippen molar-refractivity contribution in [1.29, 1.82) is 0 Å². The van der Waals surface area contributed by atoms with E-state index < -0.39 is 11.4 Å². The summed E-state index contributed by atoms with van der Waals surface area (Å²) in [5, 5.41) is 32.8. The summed E-state index contributed by atoms with van der Waals surface area (Å²) in [6.07, 6.45) is 15.2. The maximum absolute atomic E-state index is 11.1. The third-order valence-corrected chi connectivity index (χ3v) is 13.1. The van der Waals surface area contributed by atoms with Crippen LogP contribution >= 0.6 is 0 Å². The van der Waals surface area contributed by atoms with Crippen LogP contribution in [0.15, 0.2) is 0 Å². The number of hydrogen-bond acceptors (Lipinski definition) is 4. The van der Waals surface area contributed by atoms with Crippen molar-refractivity contribution >= 4 is 0 Å². The van der Waals surface area contributed by atoms with E-state index in [-0.39, 0.29) is 5.92 Å². The summed E-state index contributed by atoms with van der Waals surface area (Å²) in [7, 11) is 0. The zero-order chi connectivity index (χ0) is 25.1. The van der Waals surface area contributed by atoms with Crippen LogP contribution in [-0.2, 0) is 4.74 Å². The van der Waals surface area contributed by atoms with Crippen LogP contribution in [0.5, 0.6) is 0 Å². The van der Waals surface area contributed by atoms with Crippen molar-refractivity contribution in [2.75, 3.05) is 13.2 Å². The first-order valence-corrected chi connectivity index (χ1v) is 15.3. The Morgan fingerprint density at radius 2 is 1.60 bits per heavy atom. The predicted octanol–water partition coefficient (Wildman–Crippen LogP) is 6.31. The molecule has 4 nitrogen and oxygen atoms in total. The summed E-state index contributed by atoms with van der Waals surface area (Å²) in [6, 6.07) is 0. The first-order chi connectivity index (χ1) is 16.5. The lowest BCUT2D eigenvalue weighted by atomic mass is 9.43. The minimum atomic E-state index is -1.54. The van der Waals surface area contributed by atoms with Crippen LogP contribution in [0.3, 0.4) is 0 Å². The fourth-order valence-corrected chi connectivity index (χ4v) is 10.6. The van der Waals surface area contributed by atoms with Crippen molar-refractivity contribution < 1.29 is 20.1 Å². The molecule has 0 aromatic carbocycles. The van der Waals surface area contributed by atoms with E-state index in [2.05, 4.69) is 27.7 Å². The summed E-state index contributed by atoms with van der Waals surface area (Å²) in [5.74, 6) is 2.91. The van der Waals surface area contributed by atoms with Crippen LogP contribution < -0.4 is 0 Å². The largest absolute Gasteiger partial charge is 0.390 e. The second kappa shape index (κ2) is 9.54. The van der Waals surface area contributed by atoms with Gasteiger partial charge in [0.15, 0.2) is 5.79 Å². The van der Waals surface area contributed by atoms with Gasteiger partial charge < -0.3 is 20.1 Å². The number of hydrogen-bond donors (Lipinski definition) is 3. The molecule has 4 heteroatoms. The lowest BCUT2D eigenvalue weighted by Crippen LogP contribution is -2.56. The van der Waals surface area contributed by atoms with Crippen LogP contribution in [0.1, 0.15) is 118 Å². The second-order valence-corrected chi connectivity index (χ2v) is 14.4. The molecule has 5 rings (SSSR count). The van der Waals surface area contributed by atoms with Gasteiger partial charge in [0.25, 0.3) is 0 Å². The summed E-state index contributed by atoms with van der Waals surface area (Å²) >= 11 is 0. The Balaban J connectivity index is 1.24. The van der Waals surface area contributed by atoms with Crippen molar-refractivity contribution in [1.82, 2.24) is 0 Å². The van der Waals surface area contributed by atoms with Gasteiger partial charge in [0.1, 0.15) is 0 Å². The van der Waals surface area contributed by atoms with Gasteiger partial charge >= 0.3 is 0 Å². The maximum atomic E-state index is 11.1. The molecule has 0 aromatic rings. The highest BCUT2D eigenvalue weighted by atomic mass is 16.5. The van der Waals surface area contributed by atoms with Crippen LogP contribution in [-0.4, -0.2) is 39.9 Å². The van der Waals surface area contributed by atoms with E-state index in [1.807, 2.05) is 0 Å². The Morgan fingerprint density at radius 1 is 0.886 bits per heavy atom. The van der Waals surface area contributed by atoms with Gasteiger partial charge in [0, 0.05) is 25.6 Å². The van der Waals surface area contributed by atoms with Gasteiger partial charge in [-0.1, -0.05) is 27.7 Å². The highest BCUT2D eigenvalue weighted by Gasteiger charge is 2.61. The summed E-state index contributed by atoms with van der Waals surface area (Å²) < 4.78 is 5.44.